The normalized spacial score (nSPS) is 13.8. The average Bonchev–Trinajstić information content (AvgIpc) is 3.01. The fourth-order valence-corrected chi connectivity index (χ4v) is 3.91. The van der Waals surface area contributed by atoms with Crippen LogP contribution in [0.4, 0.5) is 0 Å². The van der Waals surface area contributed by atoms with Crippen LogP contribution >= 0.6 is 0 Å². The van der Waals surface area contributed by atoms with E-state index in [0.717, 1.165) is 5.75 Å². The Morgan fingerprint density at radius 3 is 2.28 bits per heavy atom. The summed E-state index contributed by atoms with van der Waals surface area (Å²) in [4.78, 5) is 0. The van der Waals surface area contributed by atoms with Crippen molar-refractivity contribution in [2.75, 3.05) is 0 Å². The SMILES string of the molecule is CC=CC=COc1ccccc1.C[C](C)=[Ti][C]1=CC(C(C)(C)C)=CC1. The number of hydrogen-bond donors (Lipinski definition) is 0. The molecule has 0 fully saturated rings. The Balaban J connectivity index is 0.000000251. The van der Waals surface area contributed by atoms with E-state index in [0.29, 0.717) is 5.41 Å². The molecule has 0 aliphatic heterocycles. The number of hydrogen-bond acceptors (Lipinski definition) is 1. The molecule has 0 N–H and O–H groups in total. The molecule has 2 rings (SSSR count). The number of allylic oxidation sites excluding steroid dienone is 7. The molecule has 0 radical (unpaired) electrons. The molecule has 0 saturated carbocycles. The average molecular weight is 371 g/mol. The minimum atomic E-state index is 0.0803. The van der Waals surface area contributed by atoms with Crippen molar-refractivity contribution < 1.29 is 23.4 Å². The third-order valence-corrected chi connectivity index (χ3v) is 5.30. The molecule has 0 unspecified atom stereocenters. The second kappa shape index (κ2) is 11.2. The number of para-hydroxylation sites is 1. The molecular formula is C23H31OTi. The van der Waals surface area contributed by atoms with Gasteiger partial charge in [0, 0.05) is 0 Å². The van der Waals surface area contributed by atoms with Gasteiger partial charge in [-0.1, -0.05) is 30.4 Å². The van der Waals surface area contributed by atoms with Crippen molar-refractivity contribution in [2.24, 2.45) is 5.41 Å². The molecule has 0 aromatic heterocycles. The molecule has 1 nitrogen and oxygen atoms in total. The second-order valence-electron chi connectivity index (χ2n) is 7.19. The first-order chi connectivity index (χ1) is 11.8. The molecule has 0 spiro atoms. The predicted octanol–water partition coefficient (Wildman–Crippen LogP) is 6.70. The van der Waals surface area contributed by atoms with Gasteiger partial charge >= 0.3 is 90.6 Å². The number of rotatable bonds is 4. The predicted molar refractivity (Wildman–Crippen MR) is 108 cm³/mol. The van der Waals surface area contributed by atoms with Gasteiger partial charge in [-0.15, -0.1) is 0 Å². The van der Waals surface area contributed by atoms with E-state index in [-0.39, 0.29) is 18.7 Å². The monoisotopic (exact) mass is 371 g/mol. The molecule has 0 bridgehead atoms. The summed E-state index contributed by atoms with van der Waals surface area (Å²) in [7, 11) is 0. The summed E-state index contributed by atoms with van der Waals surface area (Å²) in [5.74, 6) is 0.859. The summed E-state index contributed by atoms with van der Waals surface area (Å²) in [6.45, 7) is 13.4. The summed E-state index contributed by atoms with van der Waals surface area (Å²) in [5, 5.41) is 0. The van der Waals surface area contributed by atoms with Crippen LogP contribution in [0.15, 0.2) is 76.4 Å². The fraction of sp³-hybridized carbons (Fsp3) is 0.348. The molecule has 133 valence electrons. The van der Waals surface area contributed by atoms with Crippen molar-refractivity contribution in [1.29, 1.82) is 0 Å². The maximum absolute atomic E-state index is 5.28. The van der Waals surface area contributed by atoms with Gasteiger partial charge < -0.3 is 4.74 Å². The molecule has 1 aromatic rings. The van der Waals surface area contributed by atoms with Crippen LogP contribution in [0, 0.1) is 5.41 Å². The molecule has 0 atom stereocenters. The molecule has 2 heteroatoms. The zero-order valence-electron chi connectivity index (χ0n) is 16.5. The van der Waals surface area contributed by atoms with Crippen LogP contribution < -0.4 is 4.74 Å². The van der Waals surface area contributed by atoms with Crippen LogP contribution in [0.5, 0.6) is 5.75 Å². The molecule has 0 amide bonds. The summed E-state index contributed by atoms with van der Waals surface area (Å²) in [6.07, 6.45) is 13.4. The van der Waals surface area contributed by atoms with Gasteiger partial charge in [0.2, 0.25) is 0 Å². The third kappa shape index (κ3) is 9.58. The molecule has 1 aliphatic rings. The van der Waals surface area contributed by atoms with Crippen molar-refractivity contribution in [3.8, 4) is 5.75 Å². The van der Waals surface area contributed by atoms with Crippen molar-refractivity contribution in [1.82, 2.24) is 0 Å². The van der Waals surface area contributed by atoms with E-state index < -0.39 is 0 Å². The summed E-state index contributed by atoms with van der Waals surface area (Å²) < 4.78 is 8.61. The van der Waals surface area contributed by atoms with Gasteiger partial charge in [-0.05, 0) is 25.1 Å². The van der Waals surface area contributed by atoms with Gasteiger partial charge in [0.15, 0.2) is 0 Å². The summed E-state index contributed by atoms with van der Waals surface area (Å²) >= 11 is 0.0803. The molecular weight excluding hydrogens is 340 g/mol. The first-order valence-electron chi connectivity index (χ1n) is 8.81. The van der Waals surface area contributed by atoms with Gasteiger partial charge in [-0.3, -0.25) is 0 Å². The standard InChI is InChI=1S/C11H12O.C9H13.C3H6.Ti/c1-2-3-7-10-12-11-8-5-4-6-9-11;1-9(2,3)8-6-4-5-7-8;1-3-2;/h2-10H,1H3;6-7H,4H2,1-3H3;1-2H3;. The van der Waals surface area contributed by atoms with Crippen molar-refractivity contribution >= 4 is 3.81 Å². The van der Waals surface area contributed by atoms with Crippen LogP contribution in [-0.2, 0) is 18.7 Å². The maximum atomic E-state index is 5.28. The molecule has 0 saturated heterocycles. The van der Waals surface area contributed by atoms with E-state index in [1.807, 2.05) is 55.5 Å². The number of ether oxygens (including phenoxy) is 1. The van der Waals surface area contributed by atoms with E-state index in [2.05, 4.69) is 46.8 Å². The van der Waals surface area contributed by atoms with Gasteiger partial charge in [0.1, 0.15) is 5.75 Å². The zero-order valence-corrected chi connectivity index (χ0v) is 18.0. The Kier molecular flexibility index (Phi) is 9.71. The molecule has 1 aliphatic carbocycles. The van der Waals surface area contributed by atoms with Crippen molar-refractivity contribution in [3.05, 3.63) is 76.4 Å². The van der Waals surface area contributed by atoms with Gasteiger partial charge in [-0.2, -0.15) is 0 Å². The van der Waals surface area contributed by atoms with Crippen LogP contribution in [0.25, 0.3) is 0 Å². The minimum absolute atomic E-state index is 0.0803. The van der Waals surface area contributed by atoms with E-state index in [9.17, 15) is 0 Å². The Bertz CT molecular complexity index is 664. The second-order valence-corrected chi connectivity index (χ2v) is 10.1. The van der Waals surface area contributed by atoms with Crippen LogP contribution in [0.3, 0.4) is 0 Å². The van der Waals surface area contributed by atoms with Crippen LogP contribution in [-0.4, -0.2) is 3.81 Å². The Hall–Kier alpha value is -1.44. The van der Waals surface area contributed by atoms with Crippen molar-refractivity contribution in [3.63, 3.8) is 0 Å². The molecule has 0 heterocycles. The quantitative estimate of drug-likeness (QED) is 0.325. The molecule has 25 heavy (non-hydrogen) atoms. The first-order valence-corrected chi connectivity index (χ1v) is 10.4. The Labute approximate surface area is 162 Å². The topological polar surface area (TPSA) is 9.23 Å². The van der Waals surface area contributed by atoms with Gasteiger partial charge in [0.25, 0.3) is 0 Å². The van der Waals surface area contributed by atoms with Gasteiger partial charge in [0.05, 0.1) is 6.26 Å². The molecule has 1 aromatic carbocycles. The first kappa shape index (κ1) is 21.6. The summed E-state index contributed by atoms with van der Waals surface area (Å²) in [5.41, 5.74) is 1.88. The van der Waals surface area contributed by atoms with Crippen LogP contribution in [0.1, 0.15) is 48.0 Å². The third-order valence-electron chi connectivity index (χ3n) is 3.48. The van der Waals surface area contributed by atoms with E-state index >= 15 is 0 Å². The van der Waals surface area contributed by atoms with E-state index in [4.69, 9.17) is 4.74 Å². The van der Waals surface area contributed by atoms with Crippen LogP contribution in [0.2, 0.25) is 0 Å². The Morgan fingerprint density at radius 2 is 1.76 bits per heavy atom. The summed E-state index contributed by atoms with van der Waals surface area (Å²) in [6, 6.07) is 9.68. The van der Waals surface area contributed by atoms with E-state index in [1.54, 1.807) is 14.0 Å². The number of benzene rings is 1. The van der Waals surface area contributed by atoms with Crippen molar-refractivity contribution in [2.45, 2.75) is 48.0 Å². The van der Waals surface area contributed by atoms with E-state index in [1.165, 1.54) is 12.0 Å². The zero-order chi connectivity index (χ0) is 18.7. The Morgan fingerprint density at radius 1 is 1.08 bits per heavy atom. The van der Waals surface area contributed by atoms with Gasteiger partial charge in [-0.25, -0.2) is 0 Å². The fourth-order valence-electron chi connectivity index (χ4n) is 2.23.